The van der Waals surface area contributed by atoms with Crippen LogP contribution in [0, 0.1) is 5.92 Å². The van der Waals surface area contributed by atoms with Crippen LogP contribution in [-0.4, -0.2) is 35.2 Å². The molecule has 1 aliphatic carbocycles. The molecular weight excluding hydrogens is 192 g/mol. The van der Waals surface area contributed by atoms with Crippen LogP contribution < -0.4 is 5.73 Å². The first-order chi connectivity index (χ1) is 6.88. The summed E-state index contributed by atoms with van der Waals surface area (Å²) in [6.45, 7) is 6.44. The minimum Gasteiger partial charge on any atom is -0.444 e. The van der Waals surface area contributed by atoms with E-state index in [9.17, 15) is 4.79 Å². The zero-order valence-corrected chi connectivity index (χ0v) is 9.69. The number of rotatable bonds is 0. The van der Waals surface area contributed by atoms with Gasteiger partial charge in [-0.25, -0.2) is 4.79 Å². The maximum atomic E-state index is 11.8. The molecule has 1 heterocycles. The Hall–Kier alpha value is -0.770. The van der Waals surface area contributed by atoms with E-state index in [1.54, 1.807) is 0 Å². The quantitative estimate of drug-likeness (QED) is 0.659. The number of amides is 1. The van der Waals surface area contributed by atoms with E-state index in [0.29, 0.717) is 5.92 Å². The van der Waals surface area contributed by atoms with Gasteiger partial charge in [-0.15, -0.1) is 0 Å². The largest absolute Gasteiger partial charge is 0.444 e. The van der Waals surface area contributed by atoms with Gasteiger partial charge < -0.3 is 15.4 Å². The number of hydrogen-bond donors (Lipinski definition) is 1. The highest BCUT2D eigenvalue weighted by Gasteiger charge is 2.47. The minimum atomic E-state index is -0.414. The van der Waals surface area contributed by atoms with Gasteiger partial charge in [0.2, 0.25) is 0 Å². The van der Waals surface area contributed by atoms with Gasteiger partial charge in [0.15, 0.2) is 0 Å². The Balaban J connectivity index is 1.99. The van der Waals surface area contributed by atoms with E-state index in [0.717, 1.165) is 19.4 Å². The second-order valence-electron chi connectivity index (χ2n) is 5.61. The fraction of sp³-hybridized carbons (Fsp3) is 0.909. The lowest BCUT2D eigenvalue weighted by molar-refractivity contribution is 0.0188. The molecule has 1 aliphatic heterocycles. The van der Waals surface area contributed by atoms with E-state index in [1.165, 1.54) is 0 Å². The van der Waals surface area contributed by atoms with Crippen molar-refractivity contribution in [2.24, 2.45) is 11.7 Å². The van der Waals surface area contributed by atoms with Gasteiger partial charge in [-0.1, -0.05) is 0 Å². The van der Waals surface area contributed by atoms with Gasteiger partial charge >= 0.3 is 6.09 Å². The summed E-state index contributed by atoms with van der Waals surface area (Å²) in [5.74, 6) is 0.488. The smallest absolute Gasteiger partial charge is 0.410 e. The molecule has 86 valence electrons. The summed E-state index contributed by atoms with van der Waals surface area (Å²) in [4.78, 5) is 13.7. The van der Waals surface area contributed by atoms with Crippen LogP contribution in [0.3, 0.4) is 0 Å². The molecule has 0 aromatic heterocycles. The number of piperidine rings is 1. The van der Waals surface area contributed by atoms with Gasteiger partial charge in [-0.3, -0.25) is 0 Å². The Morgan fingerprint density at radius 2 is 2.07 bits per heavy atom. The van der Waals surface area contributed by atoms with Crippen LogP contribution in [0.4, 0.5) is 4.79 Å². The summed E-state index contributed by atoms with van der Waals surface area (Å²) in [5.41, 5.74) is 5.61. The first-order valence-corrected chi connectivity index (χ1v) is 5.64. The molecule has 2 bridgehead atoms. The standard InChI is InChI=1S/C11H20N2O2/c1-11(2,3)15-10(14)13-6-7-4-5-8(13)9(7)12/h7-9H,4-6,12H2,1-3H3/t7-,8-,9?/m0/s1. The lowest BCUT2D eigenvalue weighted by atomic mass is 10.1. The number of fused-ring (bicyclic) bond motifs is 2. The number of carbonyl (C=O) groups is 1. The lowest BCUT2D eigenvalue weighted by Gasteiger charge is -2.30. The monoisotopic (exact) mass is 212 g/mol. The second-order valence-corrected chi connectivity index (χ2v) is 5.61. The maximum Gasteiger partial charge on any atom is 0.410 e. The van der Waals surface area contributed by atoms with Crippen LogP contribution in [0.2, 0.25) is 0 Å². The lowest BCUT2D eigenvalue weighted by Crippen LogP contribution is -2.44. The molecule has 0 aromatic rings. The summed E-state index contributed by atoms with van der Waals surface area (Å²) in [6.07, 6.45) is 1.99. The van der Waals surface area contributed by atoms with Gasteiger partial charge in [0, 0.05) is 12.6 Å². The number of hydrogen-bond acceptors (Lipinski definition) is 3. The van der Waals surface area contributed by atoms with Crippen molar-refractivity contribution in [1.29, 1.82) is 0 Å². The highest BCUT2D eigenvalue weighted by molar-refractivity contribution is 5.69. The topological polar surface area (TPSA) is 55.6 Å². The van der Waals surface area contributed by atoms with Crippen LogP contribution in [0.5, 0.6) is 0 Å². The summed E-state index contributed by atoms with van der Waals surface area (Å²) < 4.78 is 5.35. The van der Waals surface area contributed by atoms with Crippen LogP contribution in [0.25, 0.3) is 0 Å². The third-order valence-corrected chi connectivity index (χ3v) is 3.28. The molecule has 2 N–H and O–H groups in total. The molecule has 2 fully saturated rings. The van der Waals surface area contributed by atoms with Gasteiger partial charge in [0.1, 0.15) is 5.60 Å². The number of nitrogens with zero attached hydrogens (tertiary/aromatic N) is 1. The molecular formula is C11H20N2O2. The van der Waals surface area contributed by atoms with Crippen molar-refractivity contribution >= 4 is 6.09 Å². The van der Waals surface area contributed by atoms with Crippen LogP contribution in [-0.2, 0) is 4.74 Å². The van der Waals surface area contributed by atoms with Crippen molar-refractivity contribution in [1.82, 2.24) is 4.90 Å². The first kappa shape index (κ1) is 10.7. The molecule has 1 amide bonds. The minimum absolute atomic E-state index is 0.164. The molecule has 2 aliphatic rings. The first-order valence-electron chi connectivity index (χ1n) is 5.64. The zero-order chi connectivity index (χ0) is 11.2. The Morgan fingerprint density at radius 1 is 1.40 bits per heavy atom. The number of carbonyl (C=O) groups excluding carboxylic acids is 1. The molecule has 0 aromatic carbocycles. The van der Waals surface area contributed by atoms with Crippen LogP contribution >= 0.6 is 0 Å². The summed E-state index contributed by atoms with van der Waals surface area (Å²) >= 11 is 0. The highest BCUT2D eigenvalue weighted by atomic mass is 16.6. The molecule has 2 rings (SSSR count). The average Bonchev–Trinajstić information content (AvgIpc) is 2.59. The van der Waals surface area contributed by atoms with E-state index in [-0.39, 0.29) is 18.2 Å². The van der Waals surface area contributed by atoms with E-state index < -0.39 is 5.60 Å². The van der Waals surface area contributed by atoms with Crippen molar-refractivity contribution in [3.63, 3.8) is 0 Å². The fourth-order valence-corrected chi connectivity index (χ4v) is 2.58. The van der Waals surface area contributed by atoms with Gasteiger partial charge in [-0.05, 0) is 39.5 Å². The van der Waals surface area contributed by atoms with Crippen molar-refractivity contribution in [3.05, 3.63) is 0 Å². The molecule has 1 unspecified atom stereocenters. The summed E-state index contributed by atoms with van der Waals surface area (Å²) in [7, 11) is 0. The molecule has 3 atom stereocenters. The Kier molecular flexibility index (Phi) is 2.41. The van der Waals surface area contributed by atoms with E-state index in [4.69, 9.17) is 10.5 Å². The van der Waals surface area contributed by atoms with Crippen molar-refractivity contribution in [2.75, 3.05) is 6.54 Å². The maximum absolute atomic E-state index is 11.8. The third kappa shape index (κ3) is 1.95. The fourth-order valence-electron chi connectivity index (χ4n) is 2.58. The third-order valence-electron chi connectivity index (χ3n) is 3.28. The van der Waals surface area contributed by atoms with Gasteiger partial charge in [0.05, 0.1) is 6.04 Å². The molecule has 1 saturated heterocycles. The summed E-state index contributed by atoms with van der Waals surface area (Å²) in [6, 6.07) is 0.377. The molecule has 0 radical (unpaired) electrons. The average molecular weight is 212 g/mol. The van der Waals surface area contributed by atoms with E-state index >= 15 is 0 Å². The predicted octanol–water partition coefficient (Wildman–Crippen LogP) is 1.34. The summed E-state index contributed by atoms with van der Waals surface area (Å²) in [5, 5.41) is 0. The zero-order valence-electron chi connectivity index (χ0n) is 9.69. The normalized spacial score (nSPS) is 34.7. The molecule has 4 heteroatoms. The SMILES string of the molecule is CC(C)(C)OC(=O)N1C[C@@H]2CC[C@H]1C2N. The van der Waals surface area contributed by atoms with Crippen molar-refractivity contribution in [2.45, 2.75) is 51.3 Å². The van der Waals surface area contributed by atoms with Crippen LogP contribution in [0.1, 0.15) is 33.6 Å². The Labute approximate surface area is 90.8 Å². The Morgan fingerprint density at radius 3 is 2.47 bits per heavy atom. The van der Waals surface area contributed by atoms with Crippen LogP contribution in [0.15, 0.2) is 0 Å². The highest BCUT2D eigenvalue weighted by Crippen LogP contribution is 2.37. The molecule has 4 nitrogen and oxygen atoms in total. The van der Waals surface area contributed by atoms with E-state index in [2.05, 4.69) is 0 Å². The molecule has 0 spiro atoms. The van der Waals surface area contributed by atoms with E-state index in [1.807, 2.05) is 25.7 Å². The number of ether oxygens (including phenoxy) is 1. The second kappa shape index (κ2) is 3.37. The predicted molar refractivity (Wildman–Crippen MR) is 57.4 cm³/mol. The van der Waals surface area contributed by atoms with Crippen molar-refractivity contribution in [3.8, 4) is 0 Å². The number of nitrogens with two attached hydrogens (primary N) is 1. The molecule has 15 heavy (non-hydrogen) atoms. The van der Waals surface area contributed by atoms with Gasteiger partial charge in [0.25, 0.3) is 0 Å². The molecule has 1 saturated carbocycles. The van der Waals surface area contributed by atoms with Crippen molar-refractivity contribution < 1.29 is 9.53 Å². The van der Waals surface area contributed by atoms with Gasteiger partial charge in [-0.2, -0.15) is 0 Å². The Bertz CT molecular complexity index is 272. The number of likely N-dealkylation sites (tertiary alicyclic amines) is 1.